The van der Waals surface area contributed by atoms with Crippen LogP contribution in [0.4, 0.5) is 5.82 Å². The van der Waals surface area contributed by atoms with Crippen LogP contribution in [-0.4, -0.2) is 33.7 Å². The van der Waals surface area contributed by atoms with E-state index in [4.69, 9.17) is 5.73 Å². The lowest BCUT2D eigenvalue weighted by atomic mass is 10.1. The summed E-state index contributed by atoms with van der Waals surface area (Å²) in [7, 11) is 0. The Hall–Kier alpha value is -2.05. The number of hydrogen-bond acceptors (Lipinski definition) is 4. The lowest BCUT2D eigenvalue weighted by molar-refractivity contribution is -0.127. The number of nitrogens with one attached hydrogen (secondary N) is 2. The number of hydrogen-bond donors (Lipinski definition) is 3. The average Bonchev–Trinajstić information content (AvgIpc) is 2.58. The first kappa shape index (κ1) is 14.0. The minimum Gasteiger partial charge on any atom is -0.382 e. The molecule has 0 aromatic carbocycles. The smallest absolute Gasteiger partial charge is 0.242 e. The zero-order valence-corrected chi connectivity index (χ0v) is 10.9. The largest absolute Gasteiger partial charge is 0.382 e. The molecule has 1 rings (SSSR count). The summed E-state index contributed by atoms with van der Waals surface area (Å²) in [6, 6.07) is 1.60. The molecule has 0 spiro atoms. The molecule has 7 nitrogen and oxygen atoms in total. The van der Waals surface area contributed by atoms with Crippen molar-refractivity contribution in [3.05, 3.63) is 12.3 Å². The van der Waals surface area contributed by atoms with Gasteiger partial charge in [0.2, 0.25) is 11.8 Å². The molecule has 2 amide bonds. The second-order valence-corrected chi connectivity index (χ2v) is 5.01. The monoisotopic (exact) mass is 253 g/mol. The van der Waals surface area contributed by atoms with E-state index in [9.17, 15) is 9.59 Å². The molecule has 0 fully saturated rings. The van der Waals surface area contributed by atoms with Gasteiger partial charge in [-0.2, -0.15) is 5.10 Å². The number of anilines is 1. The maximum Gasteiger partial charge on any atom is 0.242 e. The first-order valence-corrected chi connectivity index (χ1v) is 5.63. The van der Waals surface area contributed by atoms with Crippen LogP contribution in [0.3, 0.4) is 0 Å². The Morgan fingerprint density at radius 3 is 2.56 bits per heavy atom. The molecule has 1 aromatic heterocycles. The lowest BCUT2D eigenvalue weighted by Gasteiger charge is -2.20. The van der Waals surface area contributed by atoms with Crippen LogP contribution < -0.4 is 16.4 Å². The molecule has 0 unspecified atom stereocenters. The number of rotatable bonds is 4. The van der Waals surface area contributed by atoms with Crippen molar-refractivity contribution in [1.29, 1.82) is 0 Å². The highest BCUT2D eigenvalue weighted by Gasteiger charge is 2.14. The zero-order valence-electron chi connectivity index (χ0n) is 10.9. The fourth-order valence-corrected chi connectivity index (χ4v) is 1.31. The molecule has 0 radical (unpaired) electrons. The Labute approximate surface area is 106 Å². The third-order valence-electron chi connectivity index (χ3n) is 1.93. The van der Waals surface area contributed by atoms with Gasteiger partial charge in [0, 0.05) is 11.7 Å². The van der Waals surface area contributed by atoms with Gasteiger partial charge in [-0.3, -0.25) is 14.3 Å². The lowest BCUT2D eigenvalue weighted by Crippen LogP contribution is -2.46. The van der Waals surface area contributed by atoms with E-state index in [0.29, 0.717) is 5.82 Å². The third kappa shape index (κ3) is 5.33. The maximum absolute atomic E-state index is 11.5. The van der Waals surface area contributed by atoms with Crippen LogP contribution >= 0.6 is 0 Å². The number of nitrogens with zero attached hydrogens (tertiary/aromatic N) is 2. The Bertz CT molecular complexity index is 433. The van der Waals surface area contributed by atoms with Crippen molar-refractivity contribution in [1.82, 2.24) is 20.4 Å². The van der Waals surface area contributed by atoms with Gasteiger partial charge in [0.25, 0.3) is 0 Å². The van der Waals surface area contributed by atoms with Gasteiger partial charge in [-0.1, -0.05) is 0 Å². The summed E-state index contributed by atoms with van der Waals surface area (Å²) in [5, 5.41) is 9.13. The minimum atomic E-state index is -0.307. The third-order valence-corrected chi connectivity index (χ3v) is 1.93. The van der Waals surface area contributed by atoms with Gasteiger partial charge >= 0.3 is 0 Å². The predicted molar refractivity (Wildman–Crippen MR) is 67.5 cm³/mol. The van der Waals surface area contributed by atoms with Gasteiger partial charge in [-0.15, -0.1) is 0 Å². The molecule has 0 aliphatic carbocycles. The SMILES string of the molecule is CC(C)(C)NC(=O)CNC(=O)Cn1ccc(N)n1. The van der Waals surface area contributed by atoms with Crippen LogP contribution in [0.5, 0.6) is 0 Å². The molecular weight excluding hydrogens is 234 g/mol. The van der Waals surface area contributed by atoms with Crippen molar-refractivity contribution >= 4 is 17.6 Å². The van der Waals surface area contributed by atoms with Crippen molar-refractivity contribution in [2.45, 2.75) is 32.9 Å². The summed E-state index contributed by atoms with van der Waals surface area (Å²) >= 11 is 0. The molecular formula is C11H19N5O2. The molecule has 100 valence electrons. The average molecular weight is 253 g/mol. The molecule has 0 bridgehead atoms. The molecule has 7 heteroatoms. The van der Waals surface area contributed by atoms with Gasteiger partial charge in [-0.05, 0) is 26.8 Å². The van der Waals surface area contributed by atoms with Crippen LogP contribution in [0.2, 0.25) is 0 Å². The summed E-state index contributed by atoms with van der Waals surface area (Å²) in [5.41, 5.74) is 5.11. The highest BCUT2D eigenvalue weighted by Crippen LogP contribution is 1.97. The van der Waals surface area contributed by atoms with Gasteiger partial charge in [0.05, 0.1) is 6.54 Å². The summed E-state index contributed by atoms with van der Waals surface area (Å²) in [4.78, 5) is 23.0. The predicted octanol–water partition coefficient (Wildman–Crippen LogP) is -0.504. The minimum absolute atomic E-state index is 0.0417. The van der Waals surface area contributed by atoms with Crippen LogP contribution in [0.1, 0.15) is 20.8 Å². The van der Waals surface area contributed by atoms with E-state index < -0.39 is 0 Å². The number of carbonyl (C=O) groups excluding carboxylic acids is 2. The summed E-state index contributed by atoms with van der Waals surface area (Å²) in [5.74, 6) is -0.161. The second kappa shape index (κ2) is 5.52. The molecule has 0 saturated carbocycles. The van der Waals surface area contributed by atoms with Crippen LogP contribution in [0, 0.1) is 0 Å². The molecule has 0 atom stereocenters. The van der Waals surface area contributed by atoms with Crippen LogP contribution in [0.15, 0.2) is 12.3 Å². The van der Waals surface area contributed by atoms with E-state index in [1.165, 1.54) is 4.68 Å². The van der Waals surface area contributed by atoms with E-state index >= 15 is 0 Å². The summed E-state index contributed by atoms with van der Waals surface area (Å²) in [6.07, 6.45) is 1.60. The molecule has 0 saturated heterocycles. The van der Waals surface area contributed by atoms with Crippen molar-refractivity contribution in [2.75, 3.05) is 12.3 Å². The number of nitrogens with two attached hydrogens (primary N) is 1. The van der Waals surface area contributed by atoms with Gasteiger partial charge in [0.1, 0.15) is 12.4 Å². The Kier molecular flexibility index (Phi) is 4.30. The van der Waals surface area contributed by atoms with Gasteiger partial charge in [-0.25, -0.2) is 0 Å². The summed E-state index contributed by atoms with van der Waals surface area (Å²) in [6.45, 7) is 5.62. The summed E-state index contributed by atoms with van der Waals surface area (Å²) < 4.78 is 1.41. The van der Waals surface area contributed by atoms with Crippen molar-refractivity contribution in [3.8, 4) is 0 Å². The van der Waals surface area contributed by atoms with E-state index in [1.54, 1.807) is 12.3 Å². The van der Waals surface area contributed by atoms with E-state index in [2.05, 4.69) is 15.7 Å². The first-order chi connectivity index (χ1) is 8.26. The normalized spacial score (nSPS) is 11.1. The number of carbonyl (C=O) groups is 2. The molecule has 1 heterocycles. The topological polar surface area (TPSA) is 102 Å². The Balaban J connectivity index is 2.31. The van der Waals surface area contributed by atoms with Crippen molar-refractivity contribution in [3.63, 3.8) is 0 Å². The standard InChI is InChI=1S/C11H19N5O2/c1-11(2,3)14-9(17)6-13-10(18)7-16-5-4-8(12)15-16/h4-5H,6-7H2,1-3H3,(H2,12,15)(H,13,18)(H,14,17). The Morgan fingerprint density at radius 1 is 1.39 bits per heavy atom. The quantitative estimate of drug-likeness (QED) is 0.673. The molecule has 0 aliphatic rings. The van der Waals surface area contributed by atoms with Crippen LogP contribution in [-0.2, 0) is 16.1 Å². The van der Waals surface area contributed by atoms with Crippen molar-refractivity contribution < 1.29 is 9.59 Å². The van der Waals surface area contributed by atoms with Gasteiger partial charge in [0.15, 0.2) is 0 Å². The van der Waals surface area contributed by atoms with Crippen LogP contribution in [0.25, 0.3) is 0 Å². The zero-order chi connectivity index (χ0) is 13.8. The molecule has 4 N–H and O–H groups in total. The Morgan fingerprint density at radius 2 is 2.06 bits per heavy atom. The van der Waals surface area contributed by atoms with Gasteiger partial charge < -0.3 is 16.4 Å². The fraction of sp³-hybridized carbons (Fsp3) is 0.545. The number of aromatic nitrogens is 2. The first-order valence-electron chi connectivity index (χ1n) is 5.63. The highest BCUT2D eigenvalue weighted by atomic mass is 16.2. The van der Waals surface area contributed by atoms with E-state index in [0.717, 1.165) is 0 Å². The second-order valence-electron chi connectivity index (χ2n) is 5.01. The molecule has 18 heavy (non-hydrogen) atoms. The number of nitrogen functional groups attached to an aromatic ring is 1. The molecule has 0 aliphatic heterocycles. The fourth-order valence-electron chi connectivity index (χ4n) is 1.31. The van der Waals surface area contributed by atoms with Crippen molar-refractivity contribution in [2.24, 2.45) is 0 Å². The number of amides is 2. The van der Waals surface area contributed by atoms with E-state index in [-0.39, 0.29) is 30.4 Å². The molecule has 1 aromatic rings. The maximum atomic E-state index is 11.5. The highest BCUT2D eigenvalue weighted by molar-refractivity contribution is 5.84. The van der Waals surface area contributed by atoms with E-state index in [1.807, 2.05) is 20.8 Å².